The van der Waals surface area contributed by atoms with Gasteiger partial charge in [0.2, 0.25) is 17.7 Å². The fourth-order valence-electron chi connectivity index (χ4n) is 4.94. The highest BCUT2D eigenvalue weighted by Crippen LogP contribution is 2.55. The van der Waals surface area contributed by atoms with Crippen LogP contribution in [0.15, 0.2) is 18.2 Å². The number of nitrogens with one attached hydrogen (secondary N) is 2. The number of para-hydroxylation sites is 1. The number of hydrogen-bond acceptors (Lipinski definition) is 4. The highest BCUT2D eigenvalue weighted by Gasteiger charge is 2.71. The Morgan fingerprint density at radius 1 is 1.19 bits per heavy atom. The quantitative estimate of drug-likeness (QED) is 0.778. The van der Waals surface area contributed by atoms with E-state index in [1.54, 1.807) is 12.1 Å². The van der Waals surface area contributed by atoms with E-state index in [0.717, 1.165) is 0 Å². The van der Waals surface area contributed by atoms with Crippen LogP contribution < -0.4 is 10.6 Å². The lowest BCUT2D eigenvalue weighted by atomic mass is 9.76. The fourth-order valence-corrected chi connectivity index (χ4v) is 5.16. The zero-order valence-electron chi connectivity index (χ0n) is 15.9. The number of amides is 3. The summed E-state index contributed by atoms with van der Waals surface area (Å²) in [5.41, 5.74) is -0.0678. The highest BCUT2D eigenvalue weighted by atomic mass is 35.5. The Balaban J connectivity index is 1.92. The van der Waals surface area contributed by atoms with Crippen molar-refractivity contribution in [1.82, 2.24) is 10.2 Å². The van der Waals surface area contributed by atoms with Gasteiger partial charge in [-0.1, -0.05) is 44.5 Å². The molecule has 0 radical (unpaired) electrons. The largest absolute Gasteiger partial charge is 0.323 e. The van der Waals surface area contributed by atoms with E-state index in [2.05, 4.69) is 10.6 Å². The zero-order chi connectivity index (χ0) is 19.7. The molecule has 4 rings (SSSR count). The summed E-state index contributed by atoms with van der Waals surface area (Å²) in [5.74, 6) is -1.98. The molecule has 5 atom stereocenters. The number of anilines is 1. The molecule has 2 saturated heterocycles. The predicted octanol–water partition coefficient (Wildman–Crippen LogP) is 2.51. The molecule has 1 spiro atoms. The van der Waals surface area contributed by atoms with Crippen LogP contribution in [0.3, 0.4) is 0 Å². The minimum Gasteiger partial charge on any atom is -0.323 e. The molecule has 1 aromatic rings. The standard InChI is InChI=1S/C20H24ClN3O3/c1-5-10(4)24-17(25)13-14(18(24)26)20(23-15(13)9(2)3)11-7-6-8-12(21)16(11)22-19(20)27/h6-10,13-15,23H,5H2,1-4H3,(H,22,27)/t10-,13+,14+,15+,20+/m1/s1. The molecule has 144 valence electrons. The van der Waals surface area contributed by atoms with E-state index in [-0.39, 0.29) is 35.7 Å². The molecule has 0 bridgehead atoms. The van der Waals surface area contributed by atoms with Crippen molar-refractivity contribution in [1.29, 1.82) is 0 Å². The predicted molar refractivity (Wildman–Crippen MR) is 102 cm³/mol. The molecule has 2 N–H and O–H groups in total. The average Bonchev–Trinajstić information content (AvgIpc) is 3.21. The molecule has 0 aromatic heterocycles. The molecule has 2 fully saturated rings. The Morgan fingerprint density at radius 3 is 2.52 bits per heavy atom. The third-order valence-corrected chi connectivity index (χ3v) is 6.73. The van der Waals surface area contributed by atoms with Crippen molar-refractivity contribution in [2.24, 2.45) is 17.8 Å². The number of carbonyl (C=O) groups excluding carboxylic acids is 3. The maximum Gasteiger partial charge on any atom is 0.250 e. The van der Waals surface area contributed by atoms with Gasteiger partial charge >= 0.3 is 0 Å². The Bertz CT molecular complexity index is 855. The van der Waals surface area contributed by atoms with Crippen LogP contribution in [0.2, 0.25) is 5.02 Å². The molecule has 0 aliphatic carbocycles. The lowest BCUT2D eigenvalue weighted by molar-refractivity contribution is -0.145. The lowest BCUT2D eigenvalue weighted by Crippen LogP contribution is -2.54. The van der Waals surface area contributed by atoms with Gasteiger partial charge in [-0.25, -0.2) is 0 Å². The summed E-state index contributed by atoms with van der Waals surface area (Å²) in [7, 11) is 0. The van der Waals surface area contributed by atoms with Gasteiger partial charge < -0.3 is 5.32 Å². The molecule has 3 amide bonds. The maximum atomic E-state index is 13.4. The van der Waals surface area contributed by atoms with E-state index >= 15 is 0 Å². The van der Waals surface area contributed by atoms with Crippen LogP contribution in [0, 0.1) is 17.8 Å². The number of nitrogens with zero attached hydrogens (tertiary/aromatic N) is 1. The van der Waals surface area contributed by atoms with Gasteiger partial charge in [0.15, 0.2) is 0 Å². The number of fused-ring (bicyclic) bond motifs is 4. The SMILES string of the molecule is CC[C@@H](C)N1C(=O)[C@H]2[C@@H](C1=O)[C@]1(N[C@H]2C(C)C)C(=O)Nc2c(Cl)cccc21. The van der Waals surface area contributed by atoms with Gasteiger partial charge in [-0.2, -0.15) is 0 Å². The van der Waals surface area contributed by atoms with E-state index in [1.165, 1.54) is 4.90 Å². The second-order valence-electron chi connectivity index (χ2n) is 8.15. The van der Waals surface area contributed by atoms with Crippen molar-refractivity contribution >= 4 is 35.0 Å². The minimum atomic E-state index is -1.26. The molecular formula is C20H24ClN3O3. The minimum absolute atomic E-state index is 0.0848. The number of likely N-dealkylation sites (tertiary alicyclic amines) is 1. The van der Waals surface area contributed by atoms with Crippen LogP contribution in [0.25, 0.3) is 0 Å². The summed E-state index contributed by atoms with van der Waals surface area (Å²) < 4.78 is 0. The summed E-state index contributed by atoms with van der Waals surface area (Å²) >= 11 is 6.30. The molecule has 3 aliphatic rings. The Morgan fingerprint density at radius 2 is 1.89 bits per heavy atom. The van der Waals surface area contributed by atoms with Gasteiger partial charge in [-0.3, -0.25) is 24.6 Å². The Kier molecular flexibility index (Phi) is 4.13. The first-order chi connectivity index (χ1) is 12.8. The first-order valence-corrected chi connectivity index (χ1v) is 9.88. The topological polar surface area (TPSA) is 78.5 Å². The molecule has 27 heavy (non-hydrogen) atoms. The number of hydrogen-bond donors (Lipinski definition) is 2. The summed E-state index contributed by atoms with van der Waals surface area (Å²) in [6.07, 6.45) is 0.679. The van der Waals surface area contributed by atoms with Gasteiger partial charge in [-0.15, -0.1) is 0 Å². The Labute approximate surface area is 163 Å². The average molecular weight is 390 g/mol. The smallest absolute Gasteiger partial charge is 0.250 e. The van der Waals surface area contributed by atoms with Gasteiger partial charge in [0, 0.05) is 17.6 Å². The molecule has 1 aromatic carbocycles. The van der Waals surface area contributed by atoms with E-state index in [9.17, 15) is 14.4 Å². The third kappa shape index (κ3) is 2.20. The zero-order valence-corrected chi connectivity index (χ0v) is 16.6. The molecule has 3 heterocycles. The van der Waals surface area contributed by atoms with Crippen molar-refractivity contribution in [2.75, 3.05) is 5.32 Å². The summed E-state index contributed by atoms with van der Waals surface area (Å²) in [5, 5.41) is 6.68. The molecule has 6 nitrogen and oxygen atoms in total. The van der Waals surface area contributed by atoms with Crippen molar-refractivity contribution in [3.8, 4) is 0 Å². The second kappa shape index (κ2) is 6.04. The summed E-state index contributed by atoms with van der Waals surface area (Å²) in [6.45, 7) is 7.83. The number of benzene rings is 1. The summed E-state index contributed by atoms with van der Waals surface area (Å²) in [6, 6.07) is 4.84. The fraction of sp³-hybridized carbons (Fsp3) is 0.550. The van der Waals surface area contributed by atoms with Gasteiger partial charge in [-0.05, 0) is 25.3 Å². The second-order valence-corrected chi connectivity index (χ2v) is 8.55. The summed E-state index contributed by atoms with van der Waals surface area (Å²) in [4.78, 5) is 41.2. The Hall–Kier alpha value is -1.92. The van der Waals surface area contributed by atoms with Gasteiger partial charge in [0.25, 0.3) is 0 Å². The van der Waals surface area contributed by atoms with Crippen LogP contribution in [-0.4, -0.2) is 34.7 Å². The van der Waals surface area contributed by atoms with Crippen LogP contribution >= 0.6 is 11.6 Å². The molecule has 0 unspecified atom stereocenters. The van der Waals surface area contributed by atoms with Crippen LogP contribution in [0.5, 0.6) is 0 Å². The van der Waals surface area contributed by atoms with Crippen LogP contribution in [0.4, 0.5) is 5.69 Å². The number of imide groups is 1. The van der Waals surface area contributed by atoms with E-state index in [0.29, 0.717) is 22.7 Å². The molecule has 3 aliphatic heterocycles. The van der Waals surface area contributed by atoms with Gasteiger partial charge in [0.05, 0.1) is 22.5 Å². The van der Waals surface area contributed by atoms with Gasteiger partial charge in [0.1, 0.15) is 5.54 Å². The molecular weight excluding hydrogens is 366 g/mol. The van der Waals surface area contributed by atoms with Crippen molar-refractivity contribution in [2.45, 2.75) is 51.7 Å². The lowest BCUT2D eigenvalue weighted by Gasteiger charge is -2.31. The maximum absolute atomic E-state index is 13.4. The van der Waals surface area contributed by atoms with Crippen LogP contribution in [-0.2, 0) is 19.9 Å². The van der Waals surface area contributed by atoms with Crippen molar-refractivity contribution < 1.29 is 14.4 Å². The van der Waals surface area contributed by atoms with Crippen molar-refractivity contribution in [3.05, 3.63) is 28.8 Å². The first kappa shape index (κ1) is 18.4. The van der Waals surface area contributed by atoms with Crippen LogP contribution in [0.1, 0.15) is 39.7 Å². The molecule has 7 heteroatoms. The van der Waals surface area contributed by atoms with E-state index < -0.39 is 17.4 Å². The number of halogens is 1. The van der Waals surface area contributed by atoms with E-state index in [4.69, 9.17) is 11.6 Å². The first-order valence-electron chi connectivity index (χ1n) is 9.50. The van der Waals surface area contributed by atoms with Crippen molar-refractivity contribution in [3.63, 3.8) is 0 Å². The highest BCUT2D eigenvalue weighted by molar-refractivity contribution is 6.35. The monoisotopic (exact) mass is 389 g/mol. The number of carbonyl (C=O) groups is 3. The number of rotatable bonds is 3. The normalized spacial score (nSPS) is 33.0. The molecule has 0 saturated carbocycles. The van der Waals surface area contributed by atoms with E-state index in [1.807, 2.05) is 33.8 Å². The third-order valence-electron chi connectivity index (χ3n) is 6.42.